The van der Waals surface area contributed by atoms with Gasteiger partial charge >= 0.3 is 0 Å². The molecule has 6 aromatic rings. The van der Waals surface area contributed by atoms with Crippen LogP contribution in [-0.2, 0) is 25.7 Å². The highest BCUT2D eigenvalue weighted by Crippen LogP contribution is 2.25. The summed E-state index contributed by atoms with van der Waals surface area (Å²) in [5.41, 5.74) is 14.5. The molecule has 0 fully saturated rings. The number of hydrogen-bond donors (Lipinski definition) is 1. The van der Waals surface area contributed by atoms with Crippen LogP contribution in [0.25, 0.3) is 0 Å². The van der Waals surface area contributed by atoms with Crippen LogP contribution in [0.2, 0.25) is 0 Å². The Bertz CT molecular complexity index is 1820. The maximum Gasteiger partial charge on any atom is 0.0638 e. The van der Waals surface area contributed by atoms with Crippen molar-refractivity contribution in [1.82, 2.24) is 0 Å². The van der Waals surface area contributed by atoms with E-state index in [1.165, 1.54) is 44.5 Å². The quantitative estimate of drug-likeness (QED) is 0.137. The molecular weight excluding hydrogens is 569 g/mol. The Balaban J connectivity index is 1.25. The lowest BCUT2D eigenvalue weighted by atomic mass is 9.98. The molecule has 0 saturated carbocycles. The van der Waals surface area contributed by atoms with Crippen LogP contribution in [0.1, 0.15) is 58.4 Å². The standard InChI is InChI=1S/C45H42N2/c1-34(46-44-30-40(24-36-15-7-3-8-16-36)28-41(31-44)25-37-17-9-4-10-18-37)23-35(2)47-45-32-42(26-38-19-11-5-12-20-38)29-43(33-45)27-39-21-13-6-14-22-39/h3-23,28-33,46H,24-27H2,1-2H3/b34-23-,47-35?. The third-order valence-electron chi connectivity index (χ3n) is 8.17. The summed E-state index contributed by atoms with van der Waals surface area (Å²) >= 11 is 0. The monoisotopic (exact) mass is 610 g/mol. The van der Waals surface area contributed by atoms with E-state index in [-0.39, 0.29) is 0 Å². The van der Waals surface area contributed by atoms with Crippen molar-refractivity contribution in [3.05, 3.63) is 214 Å². The van der Waals surface area contributed by atoms with Gasteiger partial charge in [0, 0.05) is 17.1 Å². The molecule has 0 aliphatic carbocycles. The van der Waals surface area contributed by atoms with Crippen molar-refractivity contribution in [1.29, 1.82) is 0 Å². The molecule has 1 N–H and O–H groups in total. The molecule has 47 heavy (non-hydrogen) atoms. The second kappa shape index (κ2) is 15.7. The molecular formula is C45H42N2. The minimum Gasteiger partial charge on any atom is -0.359 e. The Morgan fingerprint density at radius 1 is 0.447 bits per heavy atom. The smallest absolute Gasteiger partial charge is 0.0638 e. The molecule has 0 aliphatic rings. The highest BCUT2D eigenvalue weighted by Gasteiger charge is 2.07. The van der Waals surface area contributed by atoms with Gasteiger partial charge in [0.1, 0.15) is 0 Å². The normalized spacial score (nSPS) is 11.8. The zero-order chi connectivity index (χ0) is 32.3. The van der Waals surface area contributed by atoms with E-state index in [1.54, 1.807) is 0 Å². The Morgan fingerprint density at radius 2 is 0.787 bits per heavy atom. The lowest BCUT2D eigenvalue weighted by molar-refractivity contribution is 1.13. The summed E-state index contributed by atoms with van der Waals surface area (Å²) in [6, 6.07) is 56.4. The van der Waals surface area contributed by atoms with Crippen LogP contribution >= 0.6 is 0 Å². The van der Waals surface area contributed by atoms with Gasteiger partial charge in [-0.3, -0.25) is 4.99 Å². The molecule has 0 aliphatic heterocycles. The molecule has 2 heteroatoms. The first-order valence-corrected chi connectivity index (χ1v) is 16.5. The van der Waals surface area contributed by atoms with Gasteiger partial charge in [-0.05, 0) is 114 Å². The predicted molar refractivity (Wildman–Crippen MR) is 200 cm³/mol. The summed E-state index contributed by atoms with van der Waals surface area (Å²) in [5.74, 6) is 0. The number of rotatable bonds is 12. The third kappa shape index (κ3) is 9.76. The van der Waals surface area contributed by atoms with E-state index in [2.05, 4.69) is 183 Å². The first-order valence-electron chi connectivity index (χ1n) is 16.5. The summed E-state index contributed by atoms with van der Waals surface area (Å²) in [5, 5.41) is 3.68. The van der Waals surface area contributed by atoms with E-state index in [9.17, 15) is 0 Å². The van der Waals surface area contributed by atoms with Crippen molar-refractivity contribution >= 4 is 17.1 Å². The van der Waals surface area contributed by atoms with Crippen molar-refractivity contribution in [2.24, 2.45) is 4.99 Å². The van der Waals surface area contributed by atoms with E-state index >= 15 is 0 Å². The van der Waals surface area contributed by atoms with E-state index in [0.717, 1.165) is 48.5 Å². The SMILES string of the molecule is CC(/C=C(/C)Nc1cc(Cc2ccccc2)cc(Cc2ccccc2)c1)=Nc1cc(Cc2ccccc2)cc(Cc2ccccc2)c1. The fourth-order valence-electron chi connectivity index (χ4n) is 6.19. The molecule has 232 valence electrons. The second-order valence-corrected chi connectivity index (χ2v) is 12.4. The molecule has 2 nitrogen and oxygen atoms in total. The number of nitrogens with zero attached hydrogens (tertiary/aromatic N) is 1. The van der Waals surface area contributed by atoms with Gasteiger partial charge in [0.2, 0.25) is 0 Å². The fraction of sp³-hybridized carbons (Fsp3) is 0.133. The van der Waals surface area contributed by atoms with Crippen LogP contribution in [0.4, 0.5) is 11.4 Å². The molecule has 0 unspecified atom stereocenters. The Labute approximate surface area is 280 Å². The van der Waals surface area contributed by atoms with E-state index in [4.69, 9.17) is 4.99 Å². The molecule has 0 spiro atoms. The average molecular weight is 611 g/mol. The minimum atomic E-state index is 0.881. The van der Waals surface area contributed by atoms with Crippen LogP contribution in [0.3, 0.4) is 0 Å². The van der Waals surface area contributed by atoms with Crippen LogP contribution in [0.5, 0.6) is 0 Å². The number of benzene rings is 6. The molecule has 0 bridgehead atoms. The van der Waals surface area contributed by atoms with Crippen molar-refractivity contribution in [3.63, 3.8) is 0 Å². The van der Waals surface area contributed by atoms with Crippen LogP contribution in [-0.4, -0.2) is 5.71 Å². The average Bonchev–Trinajstić information content (AvgIpc) is 3.06. The maximum atomic E-state index is 5.09. The number of anilines is 1. The molecule has 0 atom stereocenters. The van der Waals surface area contributed by atoms with Crippen molar-refractivity contribution in [2.45, 2.75) is 39.5 Å². The van der Waals surface area contributed by atoms with E-state index in [1.807, 2.05) is 0 Å². The Kier molecular flexibility index (Phi) is 10.5. The largest absolute Gasteiger partial charge is 0.359 e. The van der Waals surface area contributed by atoms with Crippen LogP contribution < -0.4 is 5.32 Å². The van der Waals surface area contributed by atoms with Gasteiger partial charge in [0.25, 0.3) is 0 Å². The first-order chi connectivity index (χ1) is 23.0. The molecule has 6 rings (SSSR count). The zero-order valence-electron chi connectivity index (χ0n) is 27.4. The van der Waals surface area contributed by atoms with Crippen LogP contribution in [0, 0.1) is 0 Å². The van der Waals surface area contributed by atoms with Crippen molar-refractivity contribution in [3.8, 4) is 0 Å². The van der Waals surface area contributed by atoms with Gasteiger partial charge in [0.05, 0.1) is 5.69 Å². The highest BCUT2D eigenvalue weighted by atomic mass is 14.9. The molecule has 0 aromatic heterocycles. The van der Waals surface area contributed by atoms with Gasteiger partial charge in [-0.2, -0.15) is 0 Å². The summed E-state index contributed by atoms with van der Waals surface area (Å²) < 4.78 is 0. The van der Waals surface area contributed by atoms with E-state index in [0.29, 0.717) is 0 Å². The summed E-state index contributed by atoms with van der Waals surface area (Å²) in [4.78, 5) is 5.09. The predicted octanol–water partition coefficient (Wildman–Crippen LogP) is 11.2. The zero-order valence-corrected chi connectivity index (χ0v) is 27.4. The van der Waals surface area contributed by atoms with Crippen LogP contribution in [0.15, 0.2) is 174 Å². The highest BCUT2D eigenvalue weighted by molar-refractivity contribution is 5.95. The summed E-state index contributed by atoms with van der Waals surface area (Å²) in [6.07, 6.45) is 5.69. The number of hydrogen-bond acceptors (Lipinski definition) is 2. The summed E-state index contributed by atoms with van der Waals surface area (Å²) in [6.45, 7) is 4.20. The lowest BCUT2D eigenvalue weighted by Crippen LogP contribution is -2.01. The lowest BCUT2D eigenvalue weighted by Gasteiger charge is -2.13. The fourth-order valence-corrected chi connectivity index (χ4v) is 6.19. The summed E-state index contributed by atoms with van der Waals surface area (Å²) in [7, 11) is 0. The second-order valence-electron chi connectivity index (χ2n) is 12.4. The Morgan fingerprint density at radius 3 is 1.15 bits per heavy atom. The number of allylic oxidation sites excluding steroid dienone is 2. The number of nitrogens with one attached hydrogen (secondary N) is 1. The molecule has 0 heterocycles. The van der Waals surface area contributed by atoms with Gasteiger partial charge < -0.3 is 5.32 Å². The molecule has 6 aromatic carbocycles. The van der Waals surface area contributed by atoms with E-state index < -0.39 is 0 Å². The topological polar surface area (TPSA) is 24.4 Å². The van der Waals surface area contributed by atoms with Crippen molar-refractivity contribution in [2.75, 3.05) is 5.32 Å². The van der Waals surface area contributed by atoms with Gasteiger partial charge in [0.15, 0.2) is 0 Å². The molecule has 0 amide bonds. The third-order valence-corrected chi connectivity index (χ3v) is 8.17. The number of aliphatic imine (C=N–C) groups is 1. The van der Waals surface area contributed by atoms with Gasteiger partial charge in [-0.25, -0.2) is 0 Å². The van der Waals surface area contributed by atoms with Gasteiger partial charge in [-0.1, -0.05) is 133 Å². The maximum absolute atomic E-state index is 5.09. The first kappa shape index (κ1) is 31.5. The Hall–Kier alpha value is -5.47. The molecule has 0 saturated heterocycles. The minimum absolute atomic E-state index is 0.881. The van der Waals surface area contributed by atoms with Gasteiger partial charge in [-0.15, -0.1) is 0 Å². The molecule has 0 radical (unpaired) electrons. The van der Waals surface area contributed by atoms with Crippen molar-refractivity contribution < 1.29 is 0 Å².